The molecule has 1 aliphatic carbocycles. The summed E-state index contributed by atoms with van der Waals surface area (Å²) in [5, 5.41) is 10.9. The standard InChI is InChI=1S/C17H21FO2/c18-14-8-4-7-13-11-16(20-17(13)14)15(19)10-9-12-5-2-1-3-6-12/h4,7-8,11-12,15,19H,1-3,5-6,9-10H2. The van der Waals surface area contributed by atoms with Gasteiger partial charge < -0.3 is 9.52 Å². The van der Waals surface area contributed by atoms with Crippen LogP contribution in [0.4, 0.5) is 4.39 Å². The Hall–Kier alpha value is -1.35. The van der Waals surface area contributed by atoms with E-state index in [4.69, 9.17) is 4.42 Å². The molecule has 0 radical (unpaired) electrons. The maximum atomic E-state index is 13.6. The van der Waals surface area contributed by atoms with Gasteiger partial charge in [0.05, 0.1) is 0 Å². The minimum atomic E-state index is -0.622. The lowest BCUT2D eigenvalue weighted by molar-refractivity contribution is 0.129. The van der Waals surface area contributed by atoms with Crippen molar-refractivity contribution in [3.8, 4) is 0 Å². The molecule has 1 saturated carbocycles. The van der Waals surface area contributed by atoms with Crippen LogP contribution in [0.5, 0.6) is 0 Å². The molecule has 1 aromatic heterocycles. The van der Waals surface area contributed by atoms with Gasteiger partial charge in [-0.1, -0.05) is 44.2 Å². The first kappa shape index (κ1) is 13.6. The van der Waals surface area contributed by atoms with Crippen LogP contribution >= 0.6 is 0 Å². The number of aliphatic hydroxyl groups excluding tert-OH is 1. The molecule has 0 saturated heterocycles. The number of furan rings is 1. The molecule has 3 heteroatoms. The van der Waals surface area contributed by atoms with E-state index in [1.165, 1.54) is 38.2 Å². The lowest BCUT2D eigenvalue weighted by Gasteiger charge is -2.22. The van der Waals surface area contributed by atoms with Crippen LogP contribution in [0.2, 0.25) is 0 Å². The smallest absolute Gasteiger partial charge is 0.170 e. The molecule has 1 fully saturated rings. The molecule has 108 valence electrons. The van der Waals surface area contributed by atoms with E-state index in [0.717, 1.165) is 17.7 Å². The van der Waals surface area contributed by atoms with Gasteiger partial charge in [-0.3, -0.25) is 0 Å². The molecule has 0 bridgehead atoms. The summed E-state index contributed by atoms with van der Waals surface area (Å²) < 4.78 is 19.0. The highest BCUT2D eigenvalue weighted by Gasteiger charge is 2.19. The minimum Gasteiger partial charge on any atom is -0.455 e. The molecule has 0 amide bonds. The highest BCUT2D eigenvalue weighted by atomic mass is 19.1. The summed E-state index contributed by atoms with van der Waals surface area (Å²) >= 11 is 0. The zero-order valence-corrected chi connectivity index (χ0v) is 11.6. The minimum absolute atomic E-state index is 0.249. The summed E-state index contributed by atoms with van der Waals surface area (Å²) in [5.41, 5.74) is 0.249. The van der Waals surface area contributed by atoms with Crippen LogP contribution < -0.4 is 0 Å². The molecule has 2 nitrogen and oxygen atoms in total. The summed E-state index contributed by atoms with van der Waals surface area (Å²) in [6, 6.07) is 6.60. The van der Waals surface area contributed by atoms with Crippen molar-refractivity contribution in [3.05, 3.63) is 35.8 Å². The fourth-order valence-electron chi connectivity index (χ4n) is 3.22. The summed E-state index contributed by atoms with van der Waals surface area (Å²) in [4.78, 5) is 0. The van der Waals surface area contributed by atoms with E-state index < -0.39 is 6.10 Å². The Morgan fingerprint density at radius 2 is 2.05 bits per heavy atom. The first-order valence-corrected chi connectivity index (χ1v) is 7.60. The van der Waals surface area contributed by atoms with Crippen LogP contribution in [0.3, 0.4) is 0 Å². The number of hydrogen-bond acceptors (Lipinski definition) is 2. The van der Waals surface area contributed by atoms with Gasteiger partial charge in [-0.2, -0.15) is 0 Å². The number of aliphatic hydroxyl groups is 1. The third-order valence-electron chi connectivity index (χ3n) is 4.42. The highest BCUT2D eigenvalue weighted by molar-refractivity contribution is 5.78. The van der Waals surface area contributed by atoms with Crippen molar-refractivity contribution in [1.82, 2.24) is 0 Å². The van der Waals surface area contributed by atoms with Gasteiger partial charge in [-0.05, 0) is 30.9 Å². The Labute approximate surface area is 118 Å². The number of benzene rings is 1. The Kier molecular flexibility index (Phi) is 4.06. The lowest BCUT2D eigenvalue weighted by atomic mass is 9.85. The van der Waals surface area contributed by atoms with E-state index in [1.54, 1.807) is 18.2 Å². The number of halogens is 1. The van der Waals surface area contributed by atoms with Crippen molar-refractivity contribution in [2.45, 2.75) is 51.0 Å². The van der Waals surface area contributed by atoms with Crippen LogP contribution in [0.15, 0.2) is 28.7 Å². The molecular formula is C17H21FO2. The van der Waals surface area contributed by atoms with E-state index in [0.29, 0.717) is 12.2 Å². The van der Waals surface area contributed by atoms with Gasteiger partial charge in [0.2, 0.25) is 0 Å². The maximum Gasteiger partial charge on any atom is 0.170 e. The molecule has 1 atom stereocenters. The van der Waals surface area contributed by atoms with Crippen molar-refractivity contribution in [2.75, 3.05) is 0 Å². The number of fused-ring (bicyclic) bond motifs is 1. The molecule has 20 heavy (non-hydrogen) atoms. The molecule has 1 aromatic carbocycles. The van der Waals surface area contributed by atoms with Gasteiger partial charge in [0.25, 0.3) is 0 Å². The molecule has 3 rings (SSSR count). The largest absolute Gasteiger partial charge is 0.455 e. The fourth-order valence-corrected chi connectivity index (χ4v) is 3.22. The monoisotopic (exact) mass is 276 g/mol. The van der Waals surface area contributed by atoms with Gasteiger partial charge in [-0.25, -0.2) is 4.39 Å². The SMILES string of the molecule is OC(CCC1CCCCC1)c1cc2cccc(F)c2o1. The van der Waals surface area contributed by atoms with Crippen molar-refractivity contribution >= 4 is 11.0 Å². The van der Waals surface area contributed by atoms with Crippen molar-refractivity contribution in [3.63, 3.8) is 0 Å². The predicted octanol–water partition coefficient (Wildman–Crippen LogP) is 4.97. The van der Waals surface area contributed by atoms with Gasteiger partial charge in [-0.15, -0.1) is 0 Å². The summed E-state index contributed by atoms with van der Waals surface area (Å²) in [7, 11) is 0. The Morgan fingerprint density at radius 3 is 2.80 bits per heavy atom. The van der Waals surface area contributed by atoms with Gasteiger partial charge in [0.15, 0.2) is 11.4 Å². The van der Waals surface area contributed by atoms with Crippen molar-refractivity contribution in [2.24, 2.45) is 5.92 Å². The van der Waals surface area contributed by atoms with Crippen molar-refractivity contribution in [1.29, 1.82) is 0 Å². The second kappa shape index (κ2) is 5.96. The van der Waals surface area contributed by atoms with Crippen LogP contribution in [0.25, 0.3) is 11.0 Å². The second-order valence-corrected chi connectivity index (χ2v) is 5.90. The number of para-hydroxylation sites is 1. The second-order valence-electron chi connectivity index (χ2n) is 5.90. The average molecular weight is 276 g/mol. The van der Waals surface area contributed by atoms with Crippen molar-refractivity contribution < 1.29 is 13.9 Å². The first-order valence-electron chi connectivity index (χ1n) is 7.60. The van der Waals surface area contributed by atoms with E-state index >= 15 is 0 Å². The molecule has 1 N–H and O–H groups in total. The third-order valence-corrected chi connectivity index (χ3v) is 4.42. The van der Waals surface area contributed by atoms with Crippen LogP contribution in [-0.2, 0) is 0 Å². The molecule has 1 unspecified atom stereocenters. The van der Waals surface area contributed by atoms with Gasteiger partial charge >= 0.3 is 0 Å². The summed E-state index contributed by atoms with van der Waals surface area (Å²) in [6.45, 7) is 0. The Balaban J connectivity index is 1.65. The topological polar surface area (TPSA) is 33.4 Å². The van der Waals surface area contributed by atoms with Crippen LogP contribution in [0.1, 0.15) is 56.8 Å². The zero-order chi connectivity index (χ0) is 13.9. The molecule has 1 heterocycles. The first-order chi connectivity index (χ1) is 9.74. The Bertz CT molecular complexity index is 569. The summed E-state index contributed by atoms with van der Waals surface area (Å²) in [6.07, 6.45) is 7.65. The molecule has 1 aliphatic rings. The quantitative estimate of drug-likeness (QED) is 0.855. The van der Waals surface area contributed by atoms with Crippen LogP contribution in [-0.4, -0.2) is 5.11 Å². The number of rotatable bonds is 4. The number of hydrogen-bond donors (Lipinski definition) is 1. The molecule has 2 aromatic rings. The van der Waals surface area contributed by atoms with Gasteiger partial charge in [0, 0.05) is 5.39 Å². The average Bonchev–Trinajstić information content (AvgIpc) is 2.91. The molecule has 0 aliphatic heterocycles. The third kappa shape index (κ3) is 2.88. The van der Waals surface area contributed by atoms with E-state index in [1.807, 2.05) is 0 Å². The van der Waals surface area contributed by atoms with E-state index in [2.05, 4.69) is 0 Å². The highest BCUT2D eigenvalue weighted by Crippen LogP contribution is 2.32. The molecular weight excluding hydrogens is 255 g/mol. The Morgan fingerprint density at radius 1 is 1.25 bits per heavy atom. The normalized spacial score (nSPS) is 18.5. The van der Waals surface area contributed by atoms with Gasteiger partial charge in [0.1, 0.15) is 11.9 Å². The predicted molar refractivity (Wildman–Crippen MR) is 76.9 cm³/mol. The van der Waals surface area contributed by atoms with E-state index in [-0.39, 0.29) is 11.4 Å². The maximum absolute atomic E-state index is 13.6. The van der Waals surface area contributed by atoms with E-state index in [9.17, 15) is 9.50 Å². The zero-order valence-electron chi connectivity index (χ0n) is 11.6. The fraction of sp³-hybridized carbons (Fsp3) is 0.529. The van der Waals surface area contributed by atoms with Crippen LogP contribution in [0, 0.1) is 11.7 Å². The summed E-state index contributed by atoms with van der Waals surface area (Å²) in [5.74, 6) is 0.855. The lowest BCUT2D eigenvalue weighted by Crippen LogP contribution is -2.08. The molecule has 0 spiro atoms.